The highest BCUT2D eigenvalue weighted by Gasteiger charge is 2.22. The van der Waals surface area contributed by atoms with Gasteiger partial charge in [0.1, 0.15) is 0 Å². The van der Waals surface area contributed by atoms with E-state index in [2.05, 4.69) is 52.1 Å². The summed E-state index contributed by atoms with van der Waals surface area (Å²) in [6.45, 7) is 11.6. The minimum absolute atomic E-state index is 0.111. The highest BCUT2D eigenvalue weighted by Crippen LogP contribution is 2.24. The van der Waals surface area contributed by atoms with E-state index < -0.39 is 6.10 Å². The third kappa shape index (κ3) is 3.82. The molecule has 2 atom stereocenters. The number of hydrogen-bond acceptors (Lipinski definition) is 2. The van der Waals surface area contributed by atoms with E-state index in [1.165, 1.54) is 5.56 Å². The summed E-state index contributed by atoms with van der Waals surface area (Å²) in [6.07, 6.45) is -0.439. The Labute approximate surface area is 111 Å². The van der Waals surface area contributed by atoms with Gasteiger partial charge < -0.3 is 10.4 Å². The first kappa shape index (κ1) is 15.2. The molecule has 2 unspecified atom stereocenters. The van der Waals surface area contributed by atoms with Crippen LogP contribution in [0.2, 0.25) is 0 Å². The van der Waals surface area contributed by atoms with Crippen molar-refractivity contribution >= 4 is 0 Å². The van der Waals surface area contributed by atoms with Gasteiger partial charge in [-0.3, -0.25) is 0 Å². The normalized spacial score (nSPS) is 15.1. The van der Waals surface area contributed by atoms with Crippen LogP contribution in [0.5, 0.6) is 0 Å². The van der Waals surface area contributed by atoms with Crippen molar-refractivity contribution in [1.82, 2.24) is 5.32 Å². The summed E-state index contributed by atoms with van der Waals surface area (Å²) in [5.74, 6) is 0.940. The van der Waals surface area contributed by atoms with Crippen molar-refractivity contribution in [3.63, 3.8) is 0 Å². The van der Waals surface area contributed by atoms with Gasteiger partial charge in [0.15, 0.2) is 0 Å². The van der Waals surface area contributed by atoms with E-state index in [-0.39, 0.29) is 6.04 Å². The maximum Gasteiger partial charge on any atom is 0.0945 e. The maximum absolute atomic E-state index is 10.4. The first-order valence-corrected chi connectivity index (χ1v) is 6.98. The minimum Gasteiger partial charge on any atom is -0.387 e. The lowest BCUT2D eigenvalue weighted by Crippen LogP contribution is -2.39. The lowest BCUT2D eigenvalue weighted by Gasteiger charge is -2.27. The van der Waals surface area contributed by atoms with Crippen LogP contribution in [0.4, 0.5) is 0 Å². The summed E-state index contributed by atoms with van der Waals surface area (Å²) in [6, 6.07) is 8.44. The van der Waals surface area contributed by atoms with Gasteiger partial charge in [0, 0.05) is 6.04 Å². The molecule has 0 saturated heterocycles. The average Bonchev–Trinajstić information content (AvgIpc) is 2.35. The molecule has 0 aliphatic rings. The second-order valence-corrected chi connectivity index (χ2v) is 5.59. The van der Waals surface area contributed by atoms with Crippen LogP contribution in [-0.2, 0) is 0 Å². The zero-order valence-corrected chi connectivity index (χ0v) is 12.3. The van der Waals surface area contributed by atoms with Crippen LogP contribution < -0.4 is 5.32 Å². The van der Waals surface area contributed by atoms with Gasteiger partial charge in [-0.1, -0.05) is 58.9 Å². The van der Waals surface area contributed by atoms with E-state index in [9.17, 15) is 5.11 Å². The van der Waals surface area contributed by atoms with Crippen LogP contribution in [0, 0.1) is 5.92 Å². The Balaban J connectivity index is 2.84. The molecular formula is C16H27NO. The molecule has 102 valence electrons. The molecule has 18 heavy (non-hydrogen) atoms. The Hall–Kier alpha value is -0.860. The molecule has 0 aromatic heterocycles. The Bertz CT molecular complexity index is 343. The lowest BCUT2D eigenvalue weighted by molar-refractivity contribution is 0.106. The van der Waals surface area contributed by atoms with Crippen molar-refractivity contribution in [3.8, 4) is 0 Å². The second kappa shape index (κ2) is 6.91. The predicted octanol–water partition coefficient (Wildman–Crippen LogP) is 3.48. The van der Waals surface area contributed by atoms with Crippen LogP contribution in [0.25, 0.3) is 0 Å². The van der Waals surface area contributed by atoms with E-state index in [0.717, 1.165) is 12.1 Å². The monoisotopic (exact) mass is 249 g/mol. The van der Waals surface area contributed by atoms with Gasteiger partial charge >= 0.3 is 0 Å². The number of hydrogen-bond donors (Lipinski definition) is 2. The molecule has 0 saturated carbocycles. The van der Waals surface area contributed by atoms with Gasteiger partial charge in [0.2, 0.25) is 0 Å². The molecule has 1 aromatic carbocycles. The largest absolute Gasteiger partial charge is 0.387 e. The first-order valence-electron chi connectivity index (χ1n) is 6.98. The molecule has 1 aromatic rings. The Morgan fingerprint density at radius 1 is 1.00 bits per heavy atom. The summed E-state index contributed by atoms with van der Waals surface area (Å²) in [7, 11) is 0. The van der Waals surface area contributed by atoms with Crippen molar-refractivity contribution in [2.45, 2.75) is 52.7 Å². The van der Waals surface area contributed by atoms with Crippen LogP contribution in [-0.4, -0.2) is 17.7 Å². The Morgan fingerprint density at radius 2 is 1.50 bits per heavy atom. The lowest BCUT2D eigenvalue weighted by atomic mass is 9.92. The van der Waals surface area contributed by atoms with E-state index in [1.54, 1.807) is 0 Å². The SMILES string of the molecule is CCNC(C(C)C)C(O)c1ccc(C(C)C)cc1. The zero-order chi connectivity index (χ0) is 13.7. The summed E-state index contributed by atoms with van der Waals surface area (Å²) in [5.41, 5.74) is 2.31. The van der Waals surface area contributed by atoms with Crippen molar-refractivity contribution < 1.29 is 5.11 Å². The Kier molecular flexibility index (Phi) is 5.83. The van der Waals surface area contributed by atoms with Crippen molar-refractivity contribution in [2.75, 3.05) is 6.54 Å². The minimum atomic E-state index is -0.439. The van der Waals surface area contributed by atoms with E-state index in [0.29, 0.717) is 11.8 Å². The smallest absolute Gasteiger partial charge is 0.0945 e. The number of rotatable bonds is 6. The molecule has 0 fully saturated rings. The first-order chi connectivity index (χ1) is 8.47. The fraction of sp³-hybridized carbons (Fsp3) is 0.625. The highest BCUT2D eigenvalue weighted by molar-refractivity contribution is 5.27. The van der Waals surface area contributed by atoms with Crippen LogP contribution in [0.3, 0.4) is 0 Å². The fourth-order valence-electron chi connectivity index (χ4n) is 2.23. The third-order valence-electron chi connectivity index (χ3n) is 3.44. The van der Waals surface area contributed by atoms with E-state index in [4.69, 9.17) is 0 Å². The highest BCUT2D eigenvalue weighted by atomic mass is 16.3. The molecule has 0 radical (unpaired) electrons. The average molecular weight is 249 g/mol. The number of nitrogens with one attached hydrogen (secondary N) is 1. The van der Waals surface area contributed by atoms with Gasteiger partial charge in [0.25, 0.3) is 0 Å². The van der Waals surface area contributed by atoms with Crippen LogP contribution in [0.15, 0.2) is 24.3 Å². The van der Waals surface area contributed by atoms with Crippen LogP contribution >= 0.6 is 0 Å². The van der Waals surface area contributed by atoms with Crippen molar-refractivity contribution in [1.29, 1.82) is 0 Å². The summed E-state index contributed by atoms with van der Waals surface area (Å²) >= 11 is 0. The molecule has 0 aliphatic heterocycles. The summed E-state index contributed by atoms with van der Waals surface area (Å²) in [4.78, 5) is 0. The molecule has 2 N–H and O–H groups in total. The third-order valence-corrected chi connectivity index (χ3v) is 3.44. The van der Waals surface area contributed by atoms with Gasteiger partial charge in [-0.15, -0.1) is 0 Å². The number of benzene rings is 1. The molecule has 2 heteroatoms. The van der Waals surface area contributed by atoms with Crippen molar-refractivity contribution in [2.24, 2.45) is 5.92 Å². The molecule has 0 heterocycles. The fourth-order valence-corrected chi connectivity index (χ4v) is 2.23. The topological polar surface area (TPSA) is 32.3 Å². The second-order valence-electron chi connectivity index (χ2n) is 5.59. The van der Waals surface area contributed by atoms with Crippen molar-refractivity contribution in [3.05, 3.63) is 35.4 Å². The molecule has 2 nitrogen and oxygen atoms in total. The number of likely N-dealkylation sites (N-methyl/N-ethyl adjacent to an activating group) is 1. The number of aliphatic hydroxyl groups is 1. The van der Waals surface area contributed by atoms with Gasteiger partial charge in [0.05, 0.1) is 6.10 Å². The molecule has 0 bridgehead atoms. The molecular weight excluding hydrogens is 222 g/mol. The molecule has 0 aliphatic carbocycles. The van der Waals surface area contributed by atoms with Gasteiger partial charge in [-0.05, 0) is 29.5 Å². The molecule has 0 spiro atoms. The van der Waals surface area contributed by atoms with Crippen LogP contribution in [0.1, 0.15) is 57.8 Å². The van der Waals surface area contributed by atoms with Gasteiger partial charge in [-0.25, -0.2) is 0 Å². The quantitative estimate of drug-likeness (QED) is 0.809. The number of aliphatic hydroxyl groups excluding tert-OH is 1. The predicted molar refractivity (Wildman–Crippen MR) is 77.8 cm³/mol. The van der Waals surface area contributed by atoms with E-state index in [1.807, 2.05) is 12.1 Å². The molecule has 0 amide bonds. The van der Waals surface area contributed by atoms with Gasteiger partial charge in [-0.2, -0.15) is 0 Å². The summed E-state index contributed by atoms with van der Waals surface area (Å²) in [5, 5.41) is 13.8. The zero-order valence-electron chi connectivity index (χ0n) is 12.3. The molecule has 1 rings (SSSR count). The Morgan fingerprint density at radius 3 is 1.89 bits per heavy atom. The van der Waals surface area contributed by atoms with E-state index >= 15 is 0 Å². The summed E-state index contributed by atoms with van der Waals surface area (Å²) < 4.78 is 0. The maximum atomic E-state index is 10.4. The standard InChI is InChI=1S/C16H27NO/c1-6-17-15(12(4)5)16(18)14-9-7-13(8-10-14)11(2)3/h7-12,15-18H,6H2,1-5H3.